The summed E-state index contributed by atoms with van der Waals surface area (Å²) in [7, 11) is 1.54. The third-order valence-corrected chi connectivity index (χ3v) is 5.57. The van der Waals surface area contributed by atoms with E-state index in [9.17, 15) is 14.4 Å². The molecule has 8 heteroatoms. The van der Waals surface area contributed by atoms with Crippen LogP contribution in [0.2, 0.25) is 0 Å². The van der Waals surface area contributed by atoms with Crippen LogP contribution in [0.5, 0.6) is 5.75 Å². The largest absolute Gasteiger partial charge is 0.497 e. The number of anilines is 1. The zero-order chi connectivity index (χ0) is 23.0. The molecule has 0 aliphatic carbocycles. The van der Waals surface area contributed by atoms with Crippen LogP contribution in [0.25, 0.3) is 0 Å². The van der Waals surface area contributed by atoms with E-state index in [1.807, 2.05) is 13.8 Å². The Morgan fingerprint density at radius 1 is 1.16 bits per heavy atom. The van der Waals surface area contributed by atoms with Crippen molar-refractivity contribution in [2.24, 2.45) is 10.9 Å². The number of carbonyl (C=O) groups is 3. The highest BCUT2D eigenvalue weighted by molar-refractivity contribution is 6.35. The van der Waals surface area contributed by atoms with Crippen molar-refractivity contribution in [3.05, 3.63) is 24.3 Å². The summed E-state index contributed by atoms with van der Waals surface area (Å²) in [5.41, 5.74) is 0.882. The topological polar surface area (TPSA) is 91.3 Å². The SMILES string of the molecule is CCC(=N[C@@H](C)CCCN(CC)CC)C1C(=O)NC(=O)N(c2ccc(OC)cc2)C1=O. The monoisotopic (exact) mass is 430 g/mol. The van der Waals surface area contributed by atoms with E-state index in [1.165, 1.54) is 7.11 Å². The molecule has 1 unspecified atom stereocenters. The van der Waals surface area contributed by atoms with Gasteiger partial charge in [-0.3, -0.25) is 19.9 Å². The Labute approximate surface area is 184 Å². The fraction of sp³-hybridized carbons (Fsp3) is 0.565. The maximum absolute atomic E-state index is 13.2. The number of imide groups is 2. The number of methoxy groups -OCH3 is 1. The molecule has 2 rings (SSSR count). The van der Waals surface area contributed by atoms with Crippen molar-refractivity contribution in [3.63, 3.8) is 0 Å². The molecule has 1 N–H and O–H groups in total. The van der Waals surface area contributed by atoms with E-state index in [1.54, 1.807) is 24.3 Å². The second-order valence-electron chi connectivity index (χ2n) is 7.59. The molecule has 1 aliphatic rings. The highest BCUT2D eigenvalue weighted by Crippen LogP contribution is 2.25. The van der Waals surface area contributed by atoms with Crippen LogP contribution >= 0.6 is 0 Å². The number of benzene rings is 1. The summed E-state index contributed by atoms with van der Waals surface area (Å²) in [6.45, 7) is 11.2. The maximum atomic E-state index is 13.2. The molecule has 1 aromatic rings. The average molecular weight is 431 g/mol. The molecule has 1 aromatic carbocycles. The molecule has 0 bridgehead atoms. The quantitative estimate of drug-likeness (QED) is 0.430. The zero-order valence-electron chi connectivity index (χ0n) is 19.2. The van der Waals surface area contributed by atoms with Crippen molar-refractivity contribution < 1.29 is 19.1 Å². The molecule has 0 radical (unpaired) electrons. The summed E-state index contributed by atoms with van der Waals surface area (Å²) >= 11 is 0. The number of amides is 4. The first-order chi connectivity index (χ1) is 14.9. The van der Waals surface area contributed by atoms with Gasteiger partial charge in [0.05, 0.1) is 12.8 Å². The number of nitrogens with zero attached hydrogens (tertiary/aromatic N) is 3. The molecule has 4 amide bonds. The van der Waals surface area contributed by atoms with Crippen molar-refractivity contribution in [1.82, 2.24) is 10.2 Å². The van der Waals surface area contributed by atoms with E-state index in [-0.39, 0.29) is 6.04 Å². The number of urea groups is 1. The number of ether oxygens (including phenoxy) is 1. The summed E-state index contributed by atoms with van der Waals surface area (Å²) < 4.78 is 5.13. The fourth-order valence-corrected chi connectivity index (χ4v) is 3.71. The van der Waals surface area contributed by atoms with E-state index in [0.717, 1.165) is 37.4 Å². The van der Waals surface area contributed by atoms with Crippen LogP contribution in [-0.4, -0.2) is 61.2 Å². The highest BCUT2D eigenvalue weighted by atomic mass is 16.5. The van der Waals surface area contributed by atoms with Crippen LogP contribution in [0.15, 0.2) is 29.3 Å². The van der Waals surface area contributed by atoms with Crippen LogP contribution < -0.4 is 15.0 Å². The Morgan fingerprint density at radius 3 is 2.35 bits per heavy atom. The molecule has 1 heterocycles. The molecular weight excluding hydrogens is 396 g/mol. The van der Waals surface area contributed by atoms with Crippen LogP contribution in [0.4, 0.5) is 10.5 Å². The zero-order valence-corrected chi connectivity index (χ0v) is 19.2. The molecular formula is C23H34N4O4. The Kier molecular flexibility index (Phi) is 9.18. The third kappa shape index (κ3) is 6.13. The highest BCUT2D eigenvalue weighted by Gasteiger charge is 2.43. The molecule has 31 heavy (non-hydrogen) atoms. The number of rotatable bonds is 11. The van der Waals surface area contributed by atoms with Crippen LogP contribution in [-0.2, 0) is 9.59 Å². The first kappa shape index (κ1) is 24.5. The standard InChI is InChI=1S/C23H34N4O4/c1-6-19(24-16(4)10-9-15-26(7-2)8-3)20-21(28)25-23(30)27(22(20)29)17-11-13-18(31-5)14-12-17/h11-14,16,20H,6-10,15H2,1-5H3,(H,25,28,30)/t16-,20?/m0/s1. The molecule has 1 fully saturated rings. The van der Waals surface area contributed by atoms with Crippen molar-refractivity contribution in [1.29, 1.82) is 0 Å². The first-order valence-electron chi connectivity index (χ1n) is 11.0. The minimum Gasteiger partial charge on any atom is -0.497 e. The Balaban J connectivity index is 2.18. The van der Waals surface area contributed by atoms with Crippen molar-refractivity contribution >= 4 is 29.2 Å². The van der Waals surface area contributed by atoms with Gasteiger partial charge < -0.3 is 9.64 Å². The van der Waals surface area contributed by atoms with E-state index in [2.05, 4.69) is 24.1 Å². The molecule has 170 valence electrons. The summed E-state index contributed by atoms with van der Waals surface area (Å²) in [6.07, 6.45) is 2.31. The summed E-state index contributed by atoms with van der Waals surface area (Å²) in [5.74, 6) is -1.68. The Hall–Kier alpha value is -2.74. The molecule has 8 nitrogen and oxygen atoms in total. The lowest BCUT2D eigenvalue weighted by atomic mass is 9.95. The molecule has 1 aliphatic heterocycles. The first-order valence-corrected chi connectivity index (χ1v) is 11.0. The van der Waals surface area contributed by atoms with Gasteiger partial charge in [-0.05, 0) is 70.1 Å². The van der Waals surface area contributed by atoms with E-state index >= 15 is 0 Å². The van der Waals surface area contributed by atoms with Gasteiger partial charge in [-0.1, -0.05) is 20.8 Å². The number of hydrogen-bond acceptors (Lipinski definition) is 6. The van der Waals surface area contributed by atoms with E-state index in [0.29, 0.717) is 23.6 Å². The summed E-state index contributed by atoms with van der Waals surface area (Å²) in [4.78, 5) is 46.2. The van der Waals surface area contributed by atoms with Gasteiger partial charge in [0, 0.05) is 11.8 Å². The lowest BCUT2D eigenvalue weighted by Gasteiger charge is -2.31. The minimum absolute atomic E-state index is 0.0156. The number of hydrogen-bond donors (Lipinski definition) is 1. The molecule has 0 saturated carbocycles. The van der Waals surface area contributed by atoms with Gasteiger partial charge >= 0.3 is 6.03 Å². The van der Waals surface area contributed by atoms with Gasteiger partial charge in [0.15, 0.2) is 5.92 Å². The number of carbonyl (C=O) groups excluding carboxylic acids is 3. The number of aliphatic imine (C=N–C) groups is 1. The predicted octanol–water partition coefficient (Wildman–Crippen LogP) is 3.26. The van der Waals surface area contributed by atoms with Gasteiger partial charge in [-0.2, -0.15) is 0 Å². The van der Waals surface area contributed by atoms with Crippen molar-refractivity contribution in [2.75, 3.05) is 31.6 Å². The van der Waals surface area contributed by atoms with Gasteiger partial charge in [-0.15, -0.1) is 0 Å². The van der Waals surface area contributed by atoms with Crippen molar-refractivity contribution in [3.8, 4) is 5.75 Å². The van der Waals surface area contributed by atoms with E-state index in [4.69, 9.17) is 9.73 Å². The molecule has 1 saturated heterocycles. The van der Waals surface area contributed by atoms with Crippen LogP contribution in [0, 0.1) is 5.92 Å². The second-order valence-corrected chi connectivity index (χ2v) is 7.59. The normalized spacial score (nSPS) is 18.4. The lowest BCUT2D eigenvalue weighted by Crippen LogP contribution is -2.60. The summed E-state index contributed by atoms with van der Waals surface area (Å²) in [6, 6.07) is 5.78. The van der Waals surface area contributed by atoms with E-state index < -0.39 is 23.8 Å². The minimum atomic E-state index is -1.10. The maximum Gasteiger partial charge on any atom is 0.335 e. The van der Waals surface area contributed by atoms with Crippen molar-refractivity contribution in [2.45, 2.75) is 53.0 Å². The van der Waals surface area contributed by atoms with Crippen LogP contribution in [0.1, 0.15) is 47.0 Å². The van der Waals surface area contributed by atoms with Gasteiger partial charge in [0.1, 0.15) is 5.75 Å². The van der Waals surface area contributed by atoms with Crippen LogP contribution in [0.3, 0.4) is 0 Å². The van der Waals surface area contributed by atoms with Gasteiger partial charge in [0.2, 0.25) is 5.91 Å². The number of nitrogens with one attached hydrogen (secondary N) is 1. The fourth-order valence-electron chi connectivity index (χ4n) is 3.71. The average Bonchev–Trinajstić information content (AvgIpc) is 2.76. The van der Waals surface area contributed by atoms with Gasteiger partial charge in [0.25, 0.3) is 5.91 Å². The Bertz CT molecular complexity index is 802. The smallest absolute Gasteiger partial charge is 0.335 e. The summed E-state index contributed by atoms with van der Waals surface area (Å²) in [5, 5.41) is 2.31. The second kappa shape index (κ2) is 11.6. The molecule has 0 aromatic heterocycles. The Morgan fingerprint density at radius 2 is 1.81 bits per heavy atom. The molecule has 2 atom stereocenters. The third-order valence-electron chi connectivity index (χ3n) is 5.57. The number of barbiturate groups is 1. The predicted molar refractivity (Wildman–Crippen MR) is 122 cm³/mol. The lowest BCUT2D eigenvalue weighted by molar-refractivity contribution is -0.131. The van der Waals surface area contributed by atoms with Gasteiger partial charge in [-0.25, -0.2) is 9.69 Å². The molecule has 0 spiro atoms.